The van der Waals surface area contributed by atoms with E-state index in [0.717, 1.165) is 33.2 Å². The molecule has 1 aliphatic heterocycles. The molecule has 7 aromatic carbocycles. The highest BCUT2D eigenvalue weighted by atomic mass is 32.1. The molecule has 1 aliphatic carbocycles. The van der Waals surface area contributed by atoms with Crippen molar-refractivity contribution in [2.24, 2.45) is 4.99 Å². The lowest BCUT2D eigenvalue weighted by atomic mass is 9.81. The average molecular weight is 737 g/mol. The standard InChI is InChI=1S/C51H36N4S/c1-31-37(32-14-4-2-5-15-32)26-27-41-48-51(56-49(31)41)53-50(55-44-23-13-11-21-39(44)42-28-33-16-8-9-17-34(33)29-46(42)55)47(52-48)35-24-25-40-38-20-10-12-22-43(38)54(45(40)30-35)36-18-6-3-7-19-36/h2-31,37,47,52H,1H3. The Kier molecular flexibility index (Phi) is 6.87. The van der Waals surface area contributed by atoms with E-state index < -0.39 is 0 Å². The summed E-state index contributed by atoms with van der Waals surface area (Å²) in [6.07, 6.45) is 4.74. The fraction of sp³-hybridized carbons (Fsp3) is 0.0784. The Morgan fingerprint density at radius 3 is 1.96 bits per heavy atom. The number of rotatable bonds is 3. The summed E-state index contributed by atoms with van der Waals surface area (Å²) in [6.45, 7) is 2.37. The topological polar surface area (TPSA) is 34.2 Å². The van der Waals surface area contributed by atoms with Crippen LogP contribution in [0.5, 0.6) is 0 Å². The third-order valence-corrected chi connectivity index (χ3v) is 13.4. The number of aliphatic imine (C=N–C) groups is 1. The minimum atomic E-state index is -0.228. The predicted octanol–water partition coefficient (Wildman–Crippen LogP) is 13.8. The number of allylic oxidation sites excluding steroid dienone is 1. The smallest absolute Gasteiger partial charge is 0.142 e. The SMILES string of the molecule is CC1c2sc3c(c2C=CC1c1ccccc1)NC(c1ccc2c4ccccc4n(-c4ccccc4)c2c1)C(n1c2ccccc2c2cc4ccccc4cc21)=N3. The van der Waals surface area contributed by atoms with Crippen LogP contribution in [0.3, 0.4) is 0 Å². The van der Waals surface area contributed by atoms with Crippen molar-refractivity contribution in [1.29, 1.82) is 0 Å². The van der Waals surface area contributed by atoms with Crippen molar-refractivity contribution in [2.45, 2.75) is 24.8 Å². The minimum Gasteiger partial charge on any atom is -0.369 e. The van der Waals surface area contributed by atoms with Gasteiger partial charge in [-0.1, -0.05) is 140 Å². The van der Waals surface area contributed by atoms with E-state index in [9.17, 15) is 0 Å². The van der Waals surface area contributed by atoms with Gasteiger partial charge in [0, 0.05) is 49.5 Å². The Labute approximate surface area is 328 Å². The summed E-state index contributed by atoms with van der Waals surface area (Å²) in [5.74, 6) is 1.62. The van der Waals surface area contributed by atoms with Gasteiger partial charge in [-0.2, -0.15) is 0 Å². The molecule has 266 valence electrons. The molecule has 5 heteroatoms. The minimum absolute atomic E-state index is 0.228. The fourth-order valence-corrected chi connectivity index (χ4v) is 10.7. The molecule has 3 atom stereocenters. The van der Waals surface area contributed by atoms with Gasteiger partial charge >= 0.3 is 0 Å². The predicted molar refractivity (Wildman–Crippen MR) is 238 cm³/mol. The number of thiophene rings is 1. The monoisotopic (exact) mass is 736 g/mol. The van der Waals surface area contributed by atoms with Gasteiger partial charge in [-0.15, -0.1) is 11.3 Å². The quantitative estimate of drug-likeness (QED) is 0.193. The Morgan fingerprint density at radius 2 is 1.18 bits per heavy atom. The van der Waals surface area contributed by atoms with Crippen molar-refractivity contribution in [2.75, 3.05) is 5.32 Å². The first-order chi connectivity index (χ1) is 27.7. The molecule has 0 saturated carbocycles. The van der Waals surface area contributed by atoms with Gasteiger partial charge in [-0.25, -0.2) is 4.99 Å². The summed E-state index contributed by atoms with van der Waals surface area (Å²) in [6, 6.07) is 59.4. The normalized spacial score (nSPS) is 17.7. The van der Waals surface area contributed by atoms with Crippen molar-refractivity contribution in [1.82, 2.24) is 9.13 Å². The first-order valence-corrected chi connectivity index (χ1v) is 20.3. The van der Waals surface area contributed by atoms with E-state index in [1.165, 1.54) is 64.9 Å². The molecule has 3 unspecified atom stereocenters. The zero-order chi connectivity index (χ0) is 36.9. The van der Waals surface area contributed by atoms with Crippen molar-refractivity contribution >= 4 is 88.3 Å². The van der Waals surface area contributed by atoms with Crippen LogP contribution in [0.15, 0.2) is 175 Å². The van der Waals surface area contributed by atoms with Gasteiger partial charge in [0.15, 0.2) is 0 Å². The summed E-state index contributed by atoms with van der Waals surface area (Å²) in [5.41, 5.74) is 10.8. The molecule has 0 fully saturated rings. The molecule has 1 N–H and O–H groups in total. The molecule has 0 bridgehead atoms. The second kappa shape index (κ2) is 12.2. The molecule has 0 spiro atoms. The van der Waals surface area contributed by atoms with Crippen LogP contribution in [0.1, 0.15) is 46.4 Å². The van der Waals surface area contributed by atoms with E-state index >= 15 is 0 Å². The number of aromatic nitrogens is 2. The van der Waals surface area contributed by atoms with Gasteiger partial charge in [-0.3, -0.25) is 4.57 Å². The molecule has 10 aromatic rings. The molecule has 56 heavy (non-hydrogen) atoms. The summed E-state index contributed by atoms with van der Waals surface area (Å²) in [4.78, 5) is 7.15. The Morgan fingerprint density at radius 1 is 0.554 bits per heavy atom. The fourth-order valence-electron chi connectivity index (χ4n) is 9.49. The lowest BCUT2D eigenvalue weighted by molar-refractivity contribution is 0.682. The van der Waals surface area contributed by atoms with E-state index in [2.05, 4.69) is 197 Å². The zero-order valence-corrected chi connectivity index (χ0v) is 31.5. The van der Waals surface area contributed by atoms with E-state index in [4.69, 9.17) is 4.99 Å². The molecule has 2 aliphatic rings. The highest BCUT2D eigenvalue weighted by Crippen LogP contribution is 2.54. The van der Waals surface area contributed by atoms with Crippen LogP contribution in [0.25, 0.3) is 66.1 Å². The Hall–Kier alpha value is -6.69. The molecule has 4 heterocycles. The van der Waals surface area contributed by atoms with Gasteiger partial charge in [0.05, 0.1) is 27.8 Å². The highest BCUT2D eigenvalue weighted by Gasteiger charge is 2.35. The third kappa shape index (κ3) is 4.61. The van der Waals surface area contributed by atoms with Crippen LogP contribution >= 0.6 is 11.3 Å². The summed E-state index contributed by atoms with van der Waals surface area (Å²) < 4.78 is 4.84. The van der Waals surface area contributed by atoms with Crippen LogP contribution in [-0.2, 0) is 0 Å². The number of nitrogens with one attached hydrogen (secondary N) is 1. The van der Waals surface area contributed by atoms with Crippen molar-refractivity contribution in [3.05, 3.63) is 191 Å². The summed E-state index contributed by atoms with van der Waals surface area (Å²) >= 11 is 1.84. The molecule has 0 saturated heterocycles. The van der Waals surface area contributed by atoms with Gasteiger partial charge in [0.25, 0.3) is 0 Å². The first-order valence-electron chi connectivity index (χ1n) is 19.5. The average Bonchev–Trinajstić information content (AvgIpc) is 3.90. The lowest BCUT2D eigenvalue weighted by Gasteiger charge is -2.29. The van der Waals surface area contributed by atoms with Crippen molar-refractivity contribution in [3.8, 4) is 5.69 Å². The number of hydrogen-bond donors (Lipinski definition) is 1. The Balaban J connectivity index is 1.12. The summed E-state index contributed by atoms with van der Waals surface area (Å²) in [7, 11) is 0. The van der Waals surface area contributed by atoms with Gasteiger partial charge in [0.2, 0.25) is 0 Å². The molecule has 0 amide bonds. The third-order valence-electron chi connectivity index (χ3n) is 12.1. The van der Waals surface area contributed by atoms with Crippen LogP contribution in [-0.4, -0.2) is 15.0 Å². The number of nitrogens with zero attached hydrogens (tertiary/aromatic N) is 3. The molecule has 0 radical (unpaired) electrons. The maximum atomic E-state index is 5.76. The number of benzene rings is 7. The van der Waals surface area contributed by atoms with Crippen LogP contribution < -0.4 is 5.32 Å². The Bertz CT molecular complexity index is 3250. The van der Waals surface area contributed by atoms with E-state index in [1.807, 2.05) is 11.3 Å². The van der Waals surface area contributed by atoms with Gasteiger partial charge in [-0.05, 0) is 64.4 Å². The molecule has 12 rings (SSSR count). The first kappa shape index (κ1) is 31.6. The van der Waals surface area contributed by atoms with Crippen molar-refractivity contribution < 1.29 is 0 Å². The molecular formula is C51H36N4S. The largest absolute Gasteiger partial charge is 0.369 e. The number of para-hydroxylation sites is 3. The summed E-state index contributed by atoms with van der Waals surface area (Å²) in [5, 5.41) is 12.6. The number of hydrogen-bond acceptors (Lipinski definition) is 3. The molecular weight excluding hydrogens is 701 g/mol. The molecule has 4 nitrogen and oxygen atoms in total. The van der Waals surface area contributed by atoms with E-state index in [1.54, 1.807) is 0 Å². The second-order valence-corrected chi connectivity index (χ2v) is 16.3. The second-order valence-electron chi connectivity index (χ2n) is 15.2. The van der Waals surface area contributed by atoms with Crippen molar-refractivity contribution in [3.63, 3.8) is 0 Å². The van der Waals surface area contributed by atoms with Crippen LogP contribution in [0.4, 0.5) is 10.7 Å². The zero-order valence-electron chi connectivity index (χ0n) is 30.7. The number of fused-ring (bicyclic) bond motifs is 10. The molecule has 3 aromatic heterocycles. The number of anilines is 1. The maximum Gasteiger partial charge on any atom is 0.142 e. The van der Waals surface area contributed by atoms with Gasteiger partial charge < -0.3 is 9.88 Å². The van der Waals surface area contributed by atoms with Gasteiger partial charge in [0.1, 0.15) is 16.9 Å². The van der Waals surface area contributed by atoms with Crippen LogP contribution in [0.2, 0.25) is 0 Å². The lowest BCUT2D eigenvalue weighted by Crippen LogP contribution is -2.29. The van der Waals surface area contributed by atoms with E-state index in [0.29, 0.717) is 11.8 Å². The highest BCUT2D eigenvalue weighted by molar-refractivity contribution is 7.17. The maximum absolute atomic E-state index is 5.76. The van der Waals surface area contributed by atoms with Crippen LogP contribution in [0, 0.1) is 0 Å². The van der Waals surface area contributed by atoms with E-state index in [-0.39, 0.29) is 6.04 Å².